The second-order valence-electron chi connectivity index (χ2n) is 3.35. The zero-order valence-corrected chi connectivity index (χ0v) is 9.39. The zero-order chi connectivity index (χ0) is 10.7. The lowest BCUT2D eigenvalue weighted by Gasteiger charge is -2.12. The number of carbonyl (C=O) groups excluding carboxylic acids is 1. The first kappa shape index (κ1) is 11.1. The number of nitrogens with one attached hydrogen (secondary N) is 1. The van der Waals surface area contributed by atoms with Crippen molar-refractivity contribution in [3.05, 3.63) is 16.1 Å². The Balaban J connectivity index is 2.59. The molecule has 0 aromatic carbocycles. The van der Waals surface area contributed by atoms with E-state index in [-0.39, 0.29) is 11.9 Å². The number of rotatable bonds is 3. The Morgan fingerprint density at radius 2 is 2.29 bits per heavy atom. The molecule has 0 bridgehead atoms. The van der Waals surface area contributed by atoms with Crippen LogP contribution in [0.2, 0.25) is 0 Å². The SMILES string of the molecule is Cc1csc(C(C)NC(=O)C(C)N)n1. The number of thiazole rings is 1. The van der Waals surface area contributed by atoms with Crippen molar-refractivity contribution in [3.8, 4) is 0 Å². The number of hydrogen-bond acceptors (Lipinski definition) is 4. The van der Waals surface area contributed by atoms with Gasteiger partial charge in [-0.3, -0.25) is 4.79 Å². The molecule has 14 heavy (non-hydrogen) atoms. The molecule has 0 fully saturated rings. The minimum Gasteiger partial charge on any atom is -0.346 e. The van der Waals surface area contributed by atoms with Gasteiger partial charge in [-0.05, 0) is 20.8 Å². The fourth-order valence-corrected chi connectivity index (χ4v) is 1.78. The lowest BCUT2D eigenvalue weighted by Crippen LogP contribution is -2.39. The molecule has 0 aliphatic carbocycles. The summed E-state index contributed by atoms with van der Waals surface area (Å²) in [7, 11) is 0. The molecule has 5 heteroatoms. The van der Waals surface area contributed by atoms with E-state index in [1.807, 2.05) is 19.2 Å². The normalized spacial score (nSPS) is 14.9. The second kappa shape index (κ2) is 4.52. The summed E-state index contributed by atoms with van der Waals surface area (Å²) < 4.78 is 0. The van der Waals surface area contributed by atoms with Gasteiger partial charge >= 0.3 is 0 Å². The van der Waals surface area contributed by atoms with Crippen molar-refractivity contribution in [3.63, 3.8) is 0 Å². The summed E-state index contributed by atoms with van der Waals surface area (Å²) in [6, 6.07) is -0.536. The van der Waals surface area contributed by atoms with Crippen LogP contribution < -0.4 is 11.1 Å². The van der Waals surface area contributed by atoms with Crippen molar-refractivity contribution >= 4 is 17.2 Å². The minimum absolute atomic E-state index is 0.0628. The molecule has 3 N–H and O–H groups in total. The summed E-state index contributed by atoms with van der Waals surface area (Å²) in [4.78, 5) is 15.6. The number of aromatic nitrogens is 1. The topological polar surface area (TPSA) is 68.0 Å². The quantitative estimate of drug-likeness (QED) is 0.786. The van der Waals surface area contributed by atoms with Crippen molar-refractivity contribution < 1.29 is 4.79 Å². The second-order valence-corrected chi connectivity index (χ2v) is 4.24. The summed E-state index contributed by atoms with van der Waals surface area (Å²) in [6.07, 6.45) is 0. The standard InChI is InChI=1S/C9H15N3OS/c1-5-4-14-9(11-5)7(3)12-8(13)6(2)10/h4,6-7H,10H2,1-3H3,(H,12,13). The first-order chi connectivity index (χ1) is 6.50. The van der Waals surface area contributed by atoms with Gasteiger partial charge in [0.1, 0.15) is 5.01 Å². The molecule has 0 saturated heterocycles. The number of hydrogen-bond donors (Lipinski definition) is 2. The van der Waals surface area contributed by atoms with Crippen LogP contribution in [0.3, 0.4) is 0 Å². The first-order valence-electron chi connectivity index (χ1n) is 4.48. The van der Waals surface area contributed by atoms with Crippen LogP contribution in [-0.2, 0) is 4.79 Å². The highest BCUT2D eigenvalue weighted by Gasteiger charge is 2.14. The van der Waals surface area contributed by atoms with E-state index in [9.17, 15) is 4.79 Å². The maximum atomic E-state index is 11.3. The van der Waals surface area contributed by atoms with E-state index in [1.54, 1.807) is 18.3 Å². The number of nitrogens with two attached hydrogens (primary N) is 1. The van der Waals surface area contributed by atoms with Crippen molar-refractivity contribution in [1.82, 2.24) is 10.3 Å². The Labute approximate surface area is 87.5 Å². The summed E-state index contributed by atoms with van der Waals surface area (Å²) >= 11 is 1.54. The molecular formula is C9H15N3OS. The molecule has 0 aliphatic heterocycles. The molecule has 4 nitrogen and oxygen atoms in total. The smallest absolute Gasteiger partial charge is 0.237 e. The average Bonchev–Trinajstić information content (AvgIpc) is 2.51. The van der Waals surface area contributed by atoms with Crippen LogP contribution in [0.15, 0.2) is 5.38 Å². The number of nitrogens with zero attached hydrogens (tertiary/aromatic N) is 1. The third-order valence-electron chi connectivity index (χ3n) is 1.78. The summed E-state index contributed by atoms with van der Waals surface area (Å²) in [5.74, 6) is -0.148. The molecule has 0 aliphatic rings. The highest BCUT2D eigenvalue weighted by molar-refractivity contribution is 7.09. The van der Waals surface area contributed by atoms with Gasteiger partial charge in [0.15, 0.2) is 0 Å². The predicted molar refractivity (Wildman–Crippen MR) is 57.1 cm³/mol. The molecule has 0 spiro atoms. The van der Waals surface area contributed by atoms with Crippen LogP contribution in [0, 0.1) is 6.92 Å². The van der Waals surface area contributed by atoms with Gasteiger partial charge in [0.05, 0.1) is 12.1 Å². The molecule has 1 amide bonds. The summed E-state index contributed by atoms with van der Waals surface area (Å²) in [6.45, 7) is 5.49. The van der Waals surface area contributed by atoms with Gasteiger partial charge < -0.3 is 11.1 Å². The lowest BCUT2D eigenvalue weighted by molar-refractivity contribution is -0.122. The Bertz CT molecular complexity index is 322. The fourth-order valence-electron chi connectivity index (χ4n) is 0.978. The van der Waals surface area contributed by atoms with Gasteiger partial charge in [0.2, 0.25) is 5.91 Å². The molecule has 0 radical (unpaired) electrons. The largest absolute Gasteiger partial charge is 0.346 e. The Morgan fingerprint density at radius 1 is 1.64 bits per heavy atom. The van der Waals surface area contributed by atoms with Crippen LogP contribution >= 0.6 is 11.3 Å². The number of carbonyl (C=O) groups is 1. The van der Waals surface area contributed by atoms with E-state index in [1.165, 1.54) is 0 Å². The highest BCUT2D eigenvalue weighted by atomic mass is 32.1. The van der Waals surface area contributed by atoms with Gasteiger partial charge in [-0.2, -0.15) is 0 Å². The fraction of sp³-hybridized carbons (Fsp3) is 0.556. The van der Waals surface area contributed by atoms with Crippen molar-refractivity contribution in [1.29, 1.82) is 0 Å². The van der Waals surface area contributed by atoms with Crippen LogP contribution in [0.5, 0.6) is 0 Å². The van der Waals surface area contributed by atoms with Gasteiger partial charge in [0.25, 0.3) is 0 Å². The third-order valence-corrected chi connectivity index (χ3v) is 2.92. The van der Waals surface area contributed by atoms with Gasteiger partial charge in [-0.15, -0.1) is 11.3 Å². The highest BCUT2D eigenvalue weighted by Crippen LogP contribution is 2.17. The van der Waals surface area contributed by atoms with Crippen LogP contribution in [-0.4, -0.2) is 16.9 Å². The average molecular weight is 213 g/mol. The summed E-state index contributed by atoms with van der Waals surface area (Å²) in [5.41, 5.74) is 6.42. The Kier molecular flexibility index (Phi) is 3.60. The van der Waals surface area contributed by atoms with Crippen LogP contribution in [0.1, 0.15) is 30.6 Å². The number of amides is 1. The predicted octanol–water partition coefficient (Wildman–Crippen LogP) is 0.976. The van der Waals surface area contributed by atoms with E-state index >= 15 is 0 Å². The zero-order valence-electron chi connectivity index (χ0n) is 8.57. The van der Waals surface area contributed by atoms with E-state index in [2.05, 4.69) is 10.3 Å². The first-order valence-corrected chi connectivity index (χ1v) is 5.36. The van der Waals surface area contributed by atoms with Crippen molar-refractivity contribution in [2.45, 2.75) is 32.9 Å². The monoisotopic (exact) mass is 213 g/mol. The van der Waals surface area contributed by atoms with Crippen LogP contribution in [0.4, 0.5) is 0 Å². The molecule has 78 valence electrons. The number of aryl methyl sites for hydroxylation is 1. The molecule has 2 unspecified atom stereocenters. The summed E-state index contributed by atoms with van der Waals surface area (Å²) in [5, 5.41) is 5.67. The maximum Gasteiger partial charge on any atom is 0.237 e. The van der Waals surface area contributed by atoms with Gasteiger partial charge in [0, 0.05) is 11.1 Å². The molecular weight excluding hydrogens is 198 g/mol. The van der Waals surface area contributed by atoms with Crippen molar-refractivity contribution in [2.24, 2.45) is 5.73 Å². The molecule has 0 saturated carbocycles. The third kappa shape index (κ3) is 2.78. The lowest BCUT2D eigenvalue weighted by atomic mass is 10.3. The molecule has 1 rings (SSSR count). The van der Waals surface area contributed by atoms with E-state index in [0.717, 1.165) is 10.7 Å². The molecule has 1 heterocycles. The minimum atomic E-state index is -0.474. The van der Waals surface area contributed by atoms with E-state index in [4.69, 9.17) is 5.73 Å². The van der Waals surface area contributed by atoms with Crippen molar-refractivity contribution in [2.75, 3.05) is 0 Å². The molecule has 2 atom stereocenters. The Morgan fingerprint density at radius 3 is 2.71 bits per heavy atom. The van der Waals surface area contributed by atoms with E-state index < -0.39 is 6.04 Å². The van der Waals surface area contributed by atoms with Gasteiger partial charge in [-0.1, -0.05) is 0 Å². The van der Waals surface area contributed by atoms with Gasteiger partial charge in [-0.25, -0.2) is 4.98 Å². The van der Waals surface area contributed by atoms with E-state index in [0.29, 0.717) is 0 Å². The molecule has 1 aromatic heterocycles. The van der Waals surface area contributed by atoms with Crippen LogP contribution in [0.25, 0.3) is 0 Å². The maximum absolute atomic E-state index is 11.3. The Hall–Kier alpha value is -0.940. The molecule has 1 aromatic rings.